The van der Waals surface area contributed by atoms with Gasteiger partial charge < -0.3 is 23.1 Å². The molecule has 338 valence electrons. The van der Waals surface area contributed by atoms with E-state index in [0.717, 1.165) is 133 Å². The van der Waals surface area contributed by atoms with Crippen molar-refractivity contribution in [2.24, 2.45) is 0 Å². The van der Waals surface area contributed by atoms with Crippen LogP contribution in [-0.4, -0.2) is 0 Å². The minimum absolute atomic E-state index is 0.789. The molecule has 0 saturated heterocycles. The van der Waals surface area contributed by atoms with Crippen molar-refractivity contribution in [3.63, 3.8) is 0 Å². The second-order valence-corrected chi connectivity index (χ2v) is 19.2. The van der Waals surface area contributed by atoms with Gasteiger partial charge >= 0.3 is 0 Å². The molecule has 0 unspecified atom stereocenters. The van der Waals surface area contributed by atoms with Crippen molar-refractivity contribution in [3.05, 3.63) is 229 Å². The Morgan fingerprint density at radius 2 is 0.831 bits per heavy atom. The third-order valence-corrected chi connectivity index (χ3v) is 14.5. The van der Waals surface area contributed by atoms with Crippen molar-refractivity contribution >= 4 is 121 Å². The van der Waals surface area contributed by atoms with Crippen molar-refractivity contribution in [1.29, 1.82) is 0 Å². The Hall–Kier alpha value is -9.06. The molecule has 14 rings (SSSR count). The van der Waals surface area contributed by atoms with Gasteiger partial charge in [-0.1, -0.05) is 109 Å². The van der Waals surface area contributed by atoms with Crippen LogP contribution in [0.2, 0.25) is 0 Å². The molecule has 14 aromatic rings. The van der Waals surface area contributed by atoms with Crippen LogP contribution in [0, 0.1) is 27.7 Å². The highest BCUT2D eigenvalue weighted by molar-refractivity contribution is 6.31. The van der Waals surface area contributed by atoms with Crippen molar-refractivity contribution in [2.45, 2.75) is 27.7 Å². The number of fused-ring (bicyclic) bond motifs is 12. The third-order valence-electron chi connectivity index (χ3n) is 14.5. The fourth-order valence-corrected chi connectivity index (χ4v) is 11.0. The van der Waals surface area contributed by atoms with Crippen LogP contribution in [0.15, 0.2) is 220 Å². The fourth-order valence-electron chi connectivity index (χ4n) is 11.0. The average Bonchev–Trinajstić information content (AvgIpc) is 4.08. The average molecular weight is 915 g/mol. The molecular formula is C66H46N2O3. The summed E-state index contributed by atoms with van der Waals surface area (Å²) < 4.78 is 21.0. The van der Waals surface area contributed by atoms with Gasteiger partial charge in [0.05, 0.1) is 0 Å². The molecule has 11 aromatic carbocycles. The maximum Gasteiger partial charge on any atom is 0.144 e. The van der Waals surface area contributed by atoms with Gasteiger partial charge in [0.15, 0.2) is 0 Å². The van der Waals surface area contributed by atoms with E-state index in [9.17, 15) is 0 Å². The molecule has 0 amide bonds. The highest BCUT2D eigenvalue weighted by atomic mass is 16.3. The minimum atomic E-state index is 0.789. The SMILES string of the molecule is Cc1ccc(C)c(N(c2ccccc2)c2ccc3cc4c(cc3c2)oc2cc(-c3cccc5c3oc3ccccc35)c3oc5cc6cc(N(c7ccccc7)c7cc(C)ccc7C)ccc6cc5c3c24)c1. The highest BCUT2D eigenvalue weighted by Gasteiger charge is 2.25. The standard InChI is InChI=1S/C66H46N2O3/c1-39-22-24-41(3)57(30-39)67(47-14-7-5-8-15-47)49-28-26-43-34-55-60(36-45(43)32-49)69-62-38-54(53-20-13-19-52-51-18-11-12-21-59(51)70-65(52)53)66-64(63(55)62)56-35-44-27-29-50(33-46(44)37-61(56)71-66)68(48-16-9-6-10-17-48)58-31-40(2)23-25-42(58)4/h5-38H,1-4H3. The maximum absolute atomic E-state index is 7.23. The van der Waals surface area contributed by atoms with Gasteiger partial charge in [-0.05, 0) is 169 Å². The lowest BCUT2D eigenvalue weighted by molar-refractivity contribution is 0.662. The van der Waals surface area contributed by atoms with Gasteiger partial charge in [-0.2, -0.15) is 0 Å². The predicted octanol–water partition coefficient (Wildman–Crippen LogP) is 19.5. The molecule has 0 radical (unpaired) electrons. The van der Waals surface area contributed by atoms with Crippen LogP contribution in [-0.2, 0) is 0 Å². The normalized spacial score (nSPS) is 11.9. The topological polar surface area (TPSA) is 45.9 Å². The first-order chi connectivity index (χ1) is 34.8. The van der Waals surface area contributed by atoms with Gasteiger partial charge in [-0.3, -0.25) is 0 Å². The van der Waals surface area contributed by atoms with E-state index < -0.39 is 0 Å². The van der Waals surface area contributed by atoms with Crippen LogP contribution in [0.25, 0.3) is 98.5 Å². The van der Waals surface area contributed by atoms with E-state index in [0.29, 0.717) is 0 Å². The summed E-state index contributed by atoms with van der Waals surface area (Å²) in [5.41, 5.74) is 18.2. The van der Waals surface area contributed by atoms with Gasteiger partial charge in [0.2, 0.25) is 0 Å². The number of para-hydroxylation sites is 4. The van der Waals surface area contributed by atoms with E-state index in [1.54, 1.807) is 0 Å². The number of hydrogen-bond donors (Lipinski definition) is 0. The van der Waals surface area contributed by atoms with E-state index >= 15 is 0 Å². The number of hydrogen-bond acceptors (Lipinski definition) is 5. The Morgan fingerprint density at radius 3 is 1.45 bits per heavy atom. The Labute approximate surface area is 410 Å². The van der Waals surface area contributed by atoms with Crippen molar-refractivity contribution in [1.82, 2.24) is 0 Å². The van der Waals surface area contributed by atoms with Crippen molar-refractivity contribution < 1.29 is 13.3 Å². The number of rotatable bonds is 7. The van der Waals surface area contributed by atoms with Crippen LogP contribution in [0.3, 0.4) is 0 Å². The molecule has 0 bridgehead atoms. The van der Waals surface area contributed by atoms with E-state index in [1.807, 2.05) is 12.1 Å². The van der Waals surface area contributed by atoms with Crippen LogP contribution in [0.4, 0.5) is 34.1 Å². The molecule has 5 heteroatoms. The largest absolute Gasteiger partial charge is 0.456 e. The minimum Gasteiger partial charge on any atom is -0.456 e. The van der Waals surface area contributed by atoms with Crippen LogP contribution in [0.1, 0.15) is 22.3 Å². The van der Waals surface area contributed by atoms with Crippen molar-refractivity contribution in [3.8, 4) is 11.1 Å². The van der Waals surface area contributed by atoms with E-state index in [-0.39, 0.29) is 0 Å². The molecule has 3 heterocycles. The summed E-state index contributed by atoms with van der Waals surface area (Å²) >= 11 is 0. The molecule has 0 fully saturated rings. The smallest absolute Gasteiger partial charge is 0.144 e. The van der Waals surface area contributed by atoms with Crippen LogP contribution < -0.4 is 9.80 Å². The molecule has 0 aliphatic heterocycles. The Bertz CT molecular complexity index is 4460. The molecule has 0 saturated carbocycles. The highest BCUT2D eigenvalue weighted by Crippen LogP contribution is 2.49. The molecule has 0 atom stereocenters. The zero-order chi connectivity index (χ0) is 47.5. The van der Waals surface area contributed by atoms with Gasteiger partial charge in [0.25, 0.3) is 0 Å². The summed E-state index contributed by atoms with van der Waals surface area (Å²) in [6, 6.07) is 73.9. The number of anilines is 6. The zero-order valence-electron chi connectivity index (χ0n) is 39.7. The Balaban J connectivity index is 1.01. The molecular weight excluding hydrogens is 869 g/mol. The quantitative estimate of drug-likeness (QED) is 0.159. The number of aryl methyl sites for hydroxylation is 4. The predicted molar refractivity (Wildman–Crippen MR) is 297 cm³/mol. The van der Waals surface area contributed by atoms with Crippen molar-refractivity contribution in [2.75, 3.05) is 9.80 Å². The fraction of sp³-hybridized carbons (Fsp3) is 0.0606. The second kappa shape index (κ2) is 15.7. The monoisotopic (exact) mass is 914 g/mol. The number of benzene rings is 11. The molecule has 0 aliphatic rings. The van der Waals surface area contributed by atoms with Gasteiger partial charge in [-0.15, -0.1) is 0 Å². The lowest BCUT2D eigenvalue weighted by Crippen LogP contribution is -2.11. The Kier molecular flexibility index (Phi) is 9.08. The number of furan rings is 3. The molecule has 5 nitrogen and oxygen atoms in total. The summed E-state index contributed by atoms with van der Waals surface area (Å²) in [6.45, 7) is 8.67. The first-order valence-corrected chi connectivity index (χ1v) is 24.3. The van der Waals surface area contributed by atoms with Crippen LogP contribution >= 0.6 is 0 Å². The first-order valence-electron chi connectivity index (χ1n) is 24.3. The number of nitrogens with zero attached hydrogens (tertiary/aromatic N) is 2. The van der Waals surface area contributed by atoms with Gasteiger partial charge in [-0.25, -0.2) is 0 Å². The third kappa shape index (κ3) is 6.54. The summed E-state index contributed by atoms with van der Waals surface area (Å²) in [6.07, 6.45) is 0. The van der Waals surface area contributed by atoms with Gasteiger partial charge in [0.1, 0.15) is 33.5 Å². The Morgan fingerprint density at radius 1 is 0.296 bits per heavy atom. The van der Waals surface area contributed by atoms with Crippen LogP contribution in [0.5, 0.6) is 0 Å². The summed E-state index contributed by atoms with van der Waals surface area (Å²) in [5.74, 6) is 0. The van der Waals surface area contributed by atoms with E-state index in [4.69, 9.17) is 13.3 Å². The lowest BCUT2D eigenvalue weighted by atomic mass is 9.95. The van der Waals surface area contributed by atoms with E-state index in [1.165, 1.54) is 22.3 Å². The summed E-state index contributed by atoms with van der Waals surface area (Å²) in [7, 11) is 0. The maximum atomic E-state index is 7.23. The molecule has 0 spiro atoms. The summed E-state index contributed by atoms with van der Waals surface area (Å²) in [4.78, 5) is 4.71. The molecule has 0 N–H and O–H groups in total. The van der Waals surface area contributed by atoms with E-state index in [2.05, 4.69) is 232 Å². The first kappa shape index (κ1) is 41.0. The molecule has 71 heavy (non-hydrogen) atoms. The second-order valence-electron chi connectivity index (χ2n) is 19.2. The lowest BCUT2D eigenvalue weighted by Gasteiger charge is -2.27. The summed E-state index contributed by atoms with van der Waals surface area (Å²) in [5, 5.41) is 10.7. The molecule has 3 aromatic heterocycles. The van der Waals surface area contributed by atoms with Gasteiger partial charge in [0, 0.05) is 77.6 Å². The zero-order valence-corrected chi connectivity index (χ0v) is 39.7. The molecule has 0 aliphatic carbocycles.